The van der Waals surface area contributed by atoms with E-state index >= 15 is 0 Å². The van der Waals surface area contributed by atoms with Crippen molar-refractivity contribution in [2.45, 2.75) is 96.9 Å². The molecule has 152 valence electrons. The third-order valence-corrected chi connectivity index (χ3v) is 2.56. The average Bonchev–Trinajstić information content (AvgIpc) is 2.34. The molecule has 0 N–H and O–H groups in total. The van der Waals surface area contributed by atoms with E-state index < -0.39 is 0 Å². The topological polar surface area (TPSA) is 0 Å². The van der Waals surface area contributed by atoms with E-state index in [4.69, 9.17) is 0 Å². The minimum atomic E-state index is 0. The number of allylic oxidation sites excluding steroid dienone is 4. The van der Waals surface area contributed by atoms with Crippen LogP contribution in [0.5, 0.6) is 0 Å². The van der Waals surface area contributed by atoms with Gasteiger partial charge >= 0.3 is 26.2 Å². The van der Waals surface area contributed by atoms with Gasteiger partial charge in [0.1, 0.15) is 0 Å². The molecule has 0 fully saturated rings. The fourth-order valence-electron chi connectivity index (χ4n) is 1.41. The fourth-order valence-corrected chi connectivity index (χ4v) is 1.41. The Morgan fingerprint density at radius 1 is 0.654 bits per heavy atom. The van der Waals surface area contributed by atoms with Gasteiger partial charge in [0, 0.05) is 0 Å². The normalized spacial score (nSPS) is 16.0. The first kappa shape index (κ1) is 33.9. The van der Waals surface area contributed by atoms with Gasteiger partial charge in [0.05, 0.1) is 0 Å². The van der Waals surface area contributed by atoms with Gasteiger partial charge in [0.25, 0.3) is 0 Å². The first-order chi connectivity index (χ1) is 10.4. The predicted molar refractivity (Wildman–Crippen MR) is 119 cm³/mol. The van der Waals surface area contributed by atoms with Crippen molar-refractivity contribution in [1.29, 1.82) is 0 Å². The van der Waals surface area contributed by atoms with E-state index in [-0.39, 0.29) is 47.9 Å². The van der Waals surface area contributed by atoms with Crippen molar-refractivity contribution in [2.75, 3.05) is 0 Å². The van der Waals surface area contributed by atoms with Gasteiger partial charge in [-0.05, 0) is 0 Å². The zero-order valence-corrected chi connectivity index (χ0v) is 23.1. The zero-order chi connectivity index (χ0) is 21.4. The molecular formula is C25H48Zr. The summed E-state index contributed by atoms with van der Waals surface area (Å²) in [4.78, 5) is 0. The monoisotopic (exact) mass is 438 g/mol. The minimum Gasteiger partial charge on any atom is -0.338 e. The number of hydrogen-bond donors (Lipinski definition) is 0. The molecule has 0 nitrogen and oxygen atoms in total. The molecule has 0 heterocycles. The van der Waals surface area contributed by atoms with Crippen LogP contribution in [0, 0.1) is 48.5 Å². The molecule has 1 aliphatic carbocycles. The summed E-state index contributed by atoms with van der Waals surface area (Å²) < 4.78 is 0. The molecule has 0 unspecified atom stereocenters. The van der Waals surface area contributed by atoms with Gasteiger partial charge in [-0.2, -0.15) is 27.4 Å². The number of hydrogen-bond acceptors (Lipinski definition) is 0. The van der Waals surface area contributed by atoms with Crippen molar-refractivity contribution in [3.63, 3.8) is 0 Å². The first-order valence-electron chi connectivity index (χ1n) is 9.31. The van der Waals surface area contributed by atoms with Crippen LogP contribution in [0.4, 0.5) is 0 Å². The first-order valence-corrected chi connectivity index (χ1v) is 9.31. The molecule has 0 atom stereocenters. The molecule has 0 aromatic carbocycles. The minimum absolute atomic E-state index is 0. The van der Waals surface area contributed by atoms with E-state index in [1.54, 1.807) is 0 Å². The average molecular weight is 440 g/mol. The third kappa shape index (κ3) is 35.5. The summed E-state index contributed by atoms with van der Waals surface area (Å²) in [6, 6.07) is 0. The van der Waals surface area contributed by atoms with E-state index in [2.05, 4.69) is 124 Å². The molecule has 1 aliphatic rings. The van der Waals surface area contributed by atoms with E-state index in [1.807, 2.05) is 0 Å². The van der Waals surface area contributed by atoms with Crippen molar-refractivity contribution < 1.29 is 26.2 Å². The Labute approximate surface area is 187 Å². The van der Waals surface area contributed by atoms with Crippen LogP contribution < -0.4 is 0 Å². The quantitative estimate of drug-likeness (QED) is 0.331. The molecular weight excluding hydrogens is 391 g/mol. The van der Waals surface area contributed by atoms with Gasteiger partial charge in [-0.15, -0.1) is 6.92 Å². The summed E-state index contributed by atoms with van der Waals surface area (Å²) >= 11 is 0. The largest absolute Gasteiger partial charge is 4.00 e. The molecule has 0 spiro atoms. The van der Waals surface area contributed by atoms with Crippen molar-refractivity contribution in [3.05, 3.63) is 43.6 Å². The Kier molecular flexibility index (Phi) is 16.6. The van der Waals surface area contributed by atoms with Gasteiger partial charge in [0.15, 0.2) is 0 Å². The molecule has 0 saturated carbocycles. The molecule has 0 saturated heterocycles. The molecule has 1 heteroatoms. The molecule has 0 aromatic heterocycles. The van der Waals surface area contributed by atoms with Gasteiger partial charge in [-0.25, -0.2) is 5.57 Å². The molecule has 0 radical (unpaired) electrons. The molecule has 0 aliphatic heterocycles. The van der Waals surface area contributed by atoms with Crippen LogP contribution in [0.15, 0.2) is 16.7 Å². The third-order valence-electron chi connectivity index (χ3n) is 2.56. The standard InChI is InChI=1S/C10H15.3C5H11.Zr/c1-7-6-10(4,5)9(3)8(7)2;3*1-5(2,3)4;/h1-5H3;3*1H2,2-4H3;/q4*-1;+4. The summed E-state index contributed by atoms with van der Waals surface area (Å²) in [5.74, 6) is 0. The van der Waals surface area contributed by atoms with Crippen molar-refractivity contribution in [1.82, 2.24) is 0 Å². The zero-order valence-electron chi connectivity index (χ0n) is 20.6. The Morgan fingerprint density at radius 3 is 0.885 bits per heavy atom. The smallest absolute Gasteiger partial charge is 0.338 e. The maximum atomic E-state index is 3.77. The summed E-state index contributed by atoms with van der Waals surface area (Å²) in [6.45, 7) is 40.9. The van der Waals surface area contributed by atoms with Gasteiger partial charge in [-0.3, -0.25) is 6.08 Å². The Bertz CT molecular complexity index is 380. The Morgan fingerprint density at radius 2 is 0.846 bits per heavy atom. The van der Waals surface area contributed by atoms with E-state index in [0.717, 1.165) is 0 Å². The van der Waals surface area contributed by atoms with E-state index in [9.17, 15) is 0 Å². The summed E-state index contributed by atoms with van der Waals surface area (Å²) in [7, 11) is 0. The Balaban J connectivity index is -0.000000132. The number of rotatable bonds is 0. The van der Waals surface area contributed by atoms with Crippen molar-refractivity contribution in [2.24, 2.45) is 21.7 Å². The summed E-state index contributed by atoms with van der Waals surface area (Å²) in [5, 5.41) is 0. The van der Waals surface area contributed by atoms with Crippen LogP contribution in [0.25, 0.3) is 0 Å². The molecule has 0 amide bonds. The maximum absolute atomic E-state index is 3.77. The van der Waals surface area contributed by atoms with Crippen LogP contribution in [0.2, 0.25) is 0 Å². The SMILES string of the molecule is CC1=[C-]C(C)(C)C(C)=C1C.[CH2-]C(C)(C)C.[CH2-]C(C)(C)C.[CH2-]C(C)(C)C.[Zr+4]. The second-order valence-corrected chi connectivity index (χ2v) is 11.3. The summed E-state index contributed by atoms with van der Waals surface area (Å²) in [6.07, 6.45) is 3.44. The van der Waals surface area contributed by atoms with Crippen LogP contribution in [-0.4, -0.2) is 0 Å². The molecule has 0 bridgehead atoms. The van der Waals surface area contributed by atoms with Crippen LogP contribution in [0.3, 0.4) is 0 Å². The van der Waals surface area contributed by atoms with Gasteiger partial charge in [0.2, 0.25) is 0 Å². The molecule has 26 heavy (non-hydrogen) atoms. The molecule has 1 rings (SSSR count). The predicted octanol–water partition coefficient (Wildman–Crippen LogP) is 8.71. The van der Waals surface area contributed by atoms with Crippen LogP contribution in [-0.2, 0) is 26.2 Å². The van der Waals surface area contributed by atoms with Crippen LogP contribution >= 0.6 is 0 Å². The fraction of sp³-hybridized carbons (Fsp3) is 0.720. The van der Waals surface area contributed by atoms with E-state index in [0.29, 0.717) is 0 Å². The Hall–Kier alpha value is 0.363. The second kappa shape index (κ2) is 12.7. The summed E-state index contributed by atoms with van der Waals surface area (Å²) in [5.41, 5.74) is 5.14. The van der Waals surface area contributed by atoms with E-state index in [1.165, 1.54) is 16.7 Å². The van der Waals surface area contributed by atoms with Gasteiger partial charge < -0.3 is 20.8 Å². The maximum Gasteiger partial charge on any atom is 4.00 e. The van der Waals surface area contributed by atoms with Crippen molar-refractivity contribution >= 4 is 0 Å². The molecule has 0 aromatic rings. The van der Waals surface area contributed by atoms with Crippen LogP contribution in [0.1, 0.15) is 96.9 Å². The van der Waals surface area contributed by atoms with Gasteiger partial charge in [-0.1, -0.05) is 95.4 Å². The van der Waals surface area contributed by atoms with Crippen molar-refractivity contribution in [3.8, 4) is 0 Å². The second-order valence-electron chi connectivity index (χ2n) is 11.3.